The number of benzene rings is 1. The van der Waals surface area contributed by atoms with Crippen molar-refractivity contribution in [1.29, 1.82) is 0 Å². The fraction of sp³-hybridized carbons (Fsp3) is 0.375. The van der Waals surface area contributed by atoms with Crippen molar-refractivity contribution in [2.45, 2.75) is 46.9 Å². The van der Waals surface area contributed by atoms with Crippen LogP contribution < -0.4 is 5.73 Å². The van der Waals surface area contributed by atoms with Gasteiger partial charge in [-0.3, -0.25) is 9.78 Å². The van der Waals surface area contributed by atoms with Gasteiger partial charge in [-0.05, 0) is 49.7 Å². The lowest BCUT2D eigenvalue weighted by Crippen LogP contribution is -2.29. The Morgan fingerprint density at radius 2 is 1.94 bits per heavy atom. The molecule has 0 aliphatic rings. The van der Waals surface area contributed by atoms with Crippen LogP contribution in [0.25, 0.3) is 10.9 Å². The number of hydrogen-bond donors (Lipinski definition) is 1. The lowest BCUT2D eigenvalue weighted by molar-refractivity contribution is 0.0832. The van der Waals surface area contributed by atoms with Crippen LogP contribution >= 0.6 is 11.6 Å². The zero-order chi connectivity index (χ0) is 24.5. The van der Waals surface area contributed by atoms with Gasteiger partial charge in [-0.2, -0.15) is 0 Å². The van der Waals surface area contributed by atoms with Crippen molar-refractivity contribution in [1.82, 2.24) is 9.55 Å². The number of rotatable bonds is 6. The number of pyridine rings is 1. The van der Waals surface area contributed by atoms with Crippen LogP contribution in [0, 0.1) is 5.41 Å². The molecule has 0 amide bonds. The molecule has 3 rings (SSSR count). The number of ether oxygens (including phenoxy) is 1. The lowest BCUT2D eigenvalue weighted by Gasteiger charge is -2.33. The molecule has 1 aromatic carbocycles. The number of anilines is 1. The highest BCUT2D eigenvalue weighted by Crippen LogP contribution is 2.39. The highest BCUT2D eigenvalue weighted by atomic mass is 35.5. The molecular weight excluding hydrogens is 458 g/mol. The van der Waals surface area contributed by atoms with Gasteiger partial charge in [0.25, 0.3) is 0 Å². The highest BCUT2D eigenvalue weighted by Gasteiger charge is 2.34. The van der Waals surface area contributed by atoms with E-state index in [0.717, 1.165) is 0 Å². The molecule has 2 aromatic heterocycles. The van der Waals surface area contributed by atoms with Crippen LogP contribution in [0.4, 0.5) is 10.5 Å². The third-order valence-electron chi connectivity index (χ3n) is 5.17. The number of carbonyl (C=O) groups excluding carboxylic acids is 2. The smallest absolute Gasteiger partial charge is 0.419 e. The van der Waals surface area contributed by atoms with Gasteiger partial charge in [0, 0.05) is 22.2 Å². The number of nitrogens with two attached hydrogens (primary N) is 1. The summed E-state index contributed by atoms with van der Waals surface area (Å²) in [6.07, 6.45) is 0.488. The van der Waals surface area contributed by atoms with Gasteiger partial charge in [0.15, 0.2) is 9.04 Å². The van der Waals surface area contributed by atoms with E-state index in [2.05, 4.69) is 38.8 Å². The third kappa shape index (κ3) is 4.97. The molecule has 0 radical (unpaired) electrons. The van der Waals surface area contributed by atoms with Gasteiger partial charge >= 0.3 is 6.09 Å². The van der Waals surface area contributed by atoms with Crippen molar-refractivity contribution in [2.75, 3.05) is 12.3 Å². The summed E-state index contributed by atoms with van der Waals surface area (Å²) in [6.45, 7) is 12.2. The van der Waals surface area contributed by atoms with Gasteiger partial charge in [0.05, 0.1) is 23.9 Å². The maximum Gasteiger partial charge on any atom is 0.419 e. The average Bonchev–Trinajstić information content (AvgIpc) is 3.02. The molecule has 2 N–H and O–H groups in total. The molecule has 0 spiro atoms. The minimum absolute atomic E-state index is 0.000109. The van der Waals surface area contributed by atoms with Gasteiger partial charge in [0.2, 0.25) is 5.78 Å². The number of nitrogen functional groups attached to an aromatic ring is 1. The van der Waals surface area contributed by atoms with E-state index in [0.29, 0.717) is 21.5 Å². The molecule has 0 aliphatic carbocycles. The largest absolute Gasteiger partial charge is 0.449 e. The van der Waals surface area contributed by atoms with Gasteiger partial charge in [-0.25, -0.2) is 9.36 Å². The van der Waals surface area contributed by atoms with Crippen LogP contribution in [0.1, 0.15) is 55.5 Å². The molecule has 2 heterocycles. The summed E-state index contributed by atoms with van der Waals surface area (Å²) in [7, 11) is -1.46. The quantitative estimate of drug-likeness (QED) is 0.359. The predicted octanol–water partition coefficient (Wildman–Crippen LogP) is 5.59. The van der Waals surface area contributed by atoms with E-state index >= 15 is 0 Å². The van der Waals surface area contributed by atoms with E-state index < -0.39 is 20.9 Å². The zero-order valence-corrected chi connectivity index (χ0v) is 21.7. The first-order valence-electron chi connectivity index (χ1n) is 10.9. The normalized spacial score (nSPS) is 12.8. The van der Waals surface area contributed by atoms with Crippen molar-refractivity contribution < 1.29 is 18.8 Å². The summed E-state index contributed by atoms with van der Waals surface area (Å²) in [5.41, 5.74) is 7.54. The Hall–Kier alpha value is -2.68. The summed E-state index contributed by atoms with van der Waals surface area (Å²) < 4.78 is 12.8. The van der Waals surface area contributed by atoms with Gasteiger partial charge in [-0.1, -0.05) is 38.4 Å². The van der Waals surface area contributed by atoms with E-state index in [1.807, 2.05) is 6.07 Å². The first-order valence-corrected chi connectivity index (χ1v) is 14.0. The second kappa shape index (κ2) is 9.67. The first-order chi connectivity index (χ1) is 15.5. The molecule has 176 valence electrons. The molecule has 0 aliphatic heterocycles. The second-order valence-corrected chi connectivity index (χ2v) is 12.0. The fourth-order valence-electron chi connectivity index (χ4n) is 3.83. The first kappa shape index (κ1) is 24.9. The average molecular weight is 488 g/mol. The van der Waals surface area contributed by atoms with E-state index in [4.69, 9.17) is 26.5 Å². The third-order valence-corrected chi connectivity index (χ3v) is 6.22. The fourth-order valence-corrected chi connectivity index (χ4v) is 5.10. The maximum absolute atomic E-state index is 13.9. The molecular formula is C24H30ClN3O4Si. The molecule has 33 heavy (non-hydrogen) atoms. The van der Waals surface area contributed by atoms with E-state index in [1.165, 1.54) is 4.57 Å². The van der Waals surface area contributed by atoms with Crippen molar-refractivity contribution in [3.05, 3.63) is 58.5 Å². The van der Waals surface area contributed by atoms with Crippen LogP contribution in [-0.2, 0) is 9.16 Å². The van der Waals surface area contributed by atoms with Crippen LogP contribution in [-0.4, -0.2) is 37.1 Å². The summed E-state index contributed by atoms with van der Waals surface area (Å²) in [5, 5.41) is 0.942. The second-order valence-electron chi connectivity index (χ2n) is 9.16. The molecule has 0 bridgehead atoms. The monoisotopic (exact) mass is 487 g/mol. The van der Waals surface area contributed by atoms with Crippen molar-refractivity contribution in [3.8, 4) is 0 Å². The Kier molecular flexibility index (Phi) is 7.31. The van der Waals surface area contributed by atoms with Crippen LogP contribution in [0.15, 0.2) is 36.5 Å². The molecule has 9 heteroatoms. The zero-order valence-electron chi connectivity index (χ0n) is 19.8. The van der Waals surface area contributed by atoms with Crippen molar-refractivity contribution in [3.63, 3.8) is 0 Å². The van der Waals surface area contributed by atoms with Crippen LogP contribution in [0.5, 0.6) is 0 Å². The number of fused-ring (bicyclic) bond motifs is 1. The summed E-state index contributed by atoms with van der Waals surface area (Å²) in [4.78, 5) is 31.3. The molecule has 0 fully saturated rings. The number of hydrogen-bond acceptors (Lipinski definition) is 6. The van der Waals surface area contributed by atoms with E-state index in [-0.39, 0.29) is 35.2 Å². The van der Waals surface area contributed by atoms with Gasteiger partial charge < -0.3 is 14.9 Å². The maximum atomic E-state index is 13.9. The summed E-state index contributed by atoms with van der Waals surface area (Å²) in [5.74, 6) is -0.480. The number of carbonyl (C=O) groups is 2. The number of ketones is 1. The van der Waals surface area contributed by atoms with Crippen LogP contribution in [0.2, 0.25) is 18.1 Å². The molecule has 0 saturated carbocycles. The SMILES string of the molecule is CCOC(=O)n1c(C(=O)c2ncccc2C(O[SiH](C)C)C(C)(C)C)c(N)c2ccc(Cl)cc21. The Bertz CT molecular complexity index is 1200. The van der Waals surface area contributed by atoms with Crippen molar-refractivity contribution in [2.24, 2.45) is 5.41 Å². The highest BCUT2D eigenvalue weighted by molar-refractivity contribution is 6.48. The van der Waals surface area contributed by atoms with E-state index in [9.17, 15) is 9.59 Å². The number of aromatic nitrogens is 2. The summed E-state index contributed by atoms with van der Waals surface area (Å²) in [6, 6.07) is 8.56. The Balaban J connectivity index is 2.27. The topological polar surface area (TPSA) is 96.4 Å². The predicted molar refractivity (Wildman–Crippen MR) is 134 cm³/mol. The van der Waals surface area contributed by atoms with Gasteiger partial charge in [0.1, 0.15) is 11.4 Å². The number of halogens is 1. The number of nitrogens with zero attached hydrogens (tertiary/aromatic N) is 2. The lowest BCUT2D eigenvalue weighted by atomic mass is 9.83. The minimum atomic E-state index is -1.46. The molecule has 3 aromatic rings. The Morgan fingerprint density at radius 1 is 1.24 bits per heavy atom. The Morgan fingerprint density at radius 3 is 2.55 bits per heavy atom. The molecule has 1 unspecified atom stereocenters. The van der Waals surface area contributed by atoms with Crippen molar-refractivity contribution >= 4 is 49.1 Å². The Labute approximate surface area is 200 Å². The molecule has 0 saturated heterocycles. The molecule has 7 nitrogen and oxygen atoms in total. The summed E-state index contributed by atoms with van der Waals surface area (Å²) >= 11 is 6.18. The molecule has 1 atom stereocenters. The minimum Gasteiger partial charge on any atom is -0.449 e. The standard InChI is InChI=1S/C24H30ClN3O4Si/c1-7-31-23(30)28-17-13-14(25)10-11-15(17)18(26)20(28)21(29)19-16(9-8-12-27-19)22(24(2,3)4)32-33(5)6/h8-13,22,33H,7,26H2,1-6H3. The van der Waals surface area contributed by atoms with Crippen LogP contribution in [0.3, 0.4) is 0 Å². The van der Waals surface area contributed by atoms with Gasteiger partial charge in [-0.15, -0.1) is 0 Å². The van der Waals surface area contributed by atoms with E-state index in [1.54, 1.807) is 37.4 Å².